The lowest BCUT2D eigenvalue weighted by Gasteiger charge is -2.13. The lowest BCUT2D eigenvalue weighted by molar-refractivity contribution is -0.122. The molecular weight excluding hydrogens is 244 g/mol. The second kappa shape index (κ2) is 9.01. The van der Waals surface area contributed by atoms with E-state index in [1.54, 1.807) is 18.0 Å². The first-order chi connectivity index (χ1) is 7.49. The molecule has 0 aliphatic heterocycles. The van der Waals surface area contributed by atoms with Gasteiger partial charge in [-0.3, -0.25) is 9.00 Å². The van der Waals surface area contributed by atoms with E-state index in [4.69, 9.17) is 5.73 Å². The van der Waals surface area contributed by atoms with E-state index in [-0.39, 0.29) is 11.2 Å². The summed E-state index contributed by atoms with van der Waals surface area (Å²) in [4.78, 5) is 11.5. The van der Waals surface area contributed by atoms with Crippen molar-refractivity contribution in [2.75, 3.05) is 24.8 Å². The molecule has 0 spiro atoms. The van der Waals surface area contributed by atoms with Gasteiger partial charge in [-0.05, 0) is 24.9 Å². The van der Waals surface area contributed by atoms with Gasteiger partial charge < -0.3 is 11.1 Å². The quantitative estimate of drug-likeness (QED) is 0.664. The third kappa shape index (κ3) is 7.24. The molecule has 96 valence electrons. The number of thioether (sulfide) groups is 1. The van der Waals surface area contributed by atoms with Gasteiger partial charge in [-0.2, -0.15) is 11.8 Å². The molecule has 0 heterocycles. The minimum atomic E-state index is -0.826. The van der Waals surface area contributed by atoms with Crippen molar-refractivity contribution in [3.8, 4) is 0 Å². The Morgan fingerprint density at radius 3 is 2.62 bits per heavy atom. The van der Waals surface area contributed by atoms with Gasteiger partial charge in [0.05, 0.1) is 6.04 Å². The van der Waals surface area contributed by atoms with Crippen LogP contribution in [0.1, 0.15) is 19.8 Å². The first kappa shape index (κ1) is 15.9. The Balaban J connectivity index is 3.68. The molecule has 0 aromatic carbocycles. The Labute approximate surface area is 105 Å². The third-order valence-corrected chi connectivity index (χ3v) is 4.40. The highest BCUT2D eigenvalue weighted by molar-refractivity contribution is 7.98. The maximum atomic E-state index is 11.5. The first-order valence-electron chi connectivity index (χ1n) is 5.33. The molecule has 0 radical (unpaired) electrons. The Bertz CT molecular complexity index is 237. The molecule has 0 saturated carbocycles. The molecule has 0 aromatic rings. The molecule has 1 amide bonds. The molecule has 3 N–H and O–H groups in total. The van der Waals surface area contributed by atoms with Crippen molar-refractivity contribution >= 4 is 28.5 Å². The van der Waals surface area contributed by atoms with Gasteiger partial charge in [0, 0.05) is 28.9 Å². The molecule has 0 bridgehead atoms. The number of carbonyl (C=O) groups is 1. The van der Waals surface area contributed by atoms with Crippen LogP contribution in [0.15, 0.2) is 0 Å². The molecule has 0 aliphatic rings. The number of carbonyl (C=O) groups excluding carboxylic acids is 1. The summed E-state index contributed by atoms with van der Waals surface area (Å²) in [5.74, 6) is 0.785. The molecule has 0 rings (SSSR count). The molecule has 0 aliphatic carbocycles. The molecule has 0 saturated heterocycles. The zero-order valence-corrected chi connectivity index (χ0v) is 11.8. The minimum absolute atomic E-state index is 0.108. The van der Waals surface area contributed by atoms with Gasteiger partial charge in [-0.1, -0.05) is 6.92 Å². The molecular formula is C10H22N2O2S2. The van der Waals surface area contributed by atoms with Crippen LogP contribution in [0, 0.1) is 0 Å². The van der Waals surface area contributed by atoms with E-state index >= 15 is 0 Å². The fourth-order valence-corrected chi connectivity index (χ4v) is 2.01. The Hall–Kier alpha value is -0.0700. The zero-order chi connectivity index (χ0) is 12.6. The number of hydrogen-bond acceptors (Lipinski definition) is 4. The van der Waals surface area contributed by atoms with Crippen molar-refractivity contribution < 1.29 is 9.00 Å². The second-order valence-corrected chi connectivity index (χ2v) is 6.56. The first-order valence-corrected chi connectivity index (χ1v) is 8.35. The van der Waals surface area contributed by atoms with E-state index in [9.17, 15) is 9.00 Å². The third-order valence-electron chi connectivity index (χ3n) is 2.39. The monoisotopic (exact) mass is 266 g/mol. The van der Waals surface area contributed by atoms with Crippen molar-refractivity contribution in [3.05, 3.63) is 0 Å². The van der Waals surface area contributed by atoms with Gasteiger partial charge in [0.15, 0.2) is 0 Å². The number of rotatable bonds is 8. The van der Waals surface area contributed by atoms with E-state index in [2.05, 4.69) is 5.32 Å². The van der Waals surface area contributed by atoms with Crippen LogP contribution in [0.4, 0.5) is 0 Å². The van der Waals surface area contributed by atoms with Crippen LogP contribution in [-0.2, 0) is 15.6 Å². The topological polar surface area (TPSA) is 72.2 Å². The van der Waals surface area contributed by atoms with Crippen molar-refractivity contribution in [2.24, 2.45) is 5.73 Å². The lowest BCUT2D eigenvalue weighted by Crippen LogP contribution is -2.41. The van der Waals surface area contributed by atoms with Crippen LogP contribution in [0.3, 0.4) is 0 Å². The van der Waals surface area contributed by atoms with Gasteiger partial charge in [-0.25, -0.2) is 0 Å². The summed E-state index contributed by atoms with van der Waals surface area (Å²) >= 11 is 1.68. The van der Waals surface area contributed by atoms with Crippen LogP contribution in [0.25, 0.3) is 0 Å². The van der Waals surface area contributed by atoms with E-state index in [0.29, 0.717) is 13.0 Å². The summed E-state index contributed by atoms with van der Waals surface area (Å²) in [6.45, 7) is 2.46. The average molecular weight is 266 g/mol. The summed E-state index contributed by atoms with van der Waals surface area (Å²) in [6, 6.07) is -0.421. The van der Waals surface area contributed by atoms with Crippen LogP contribution >= 0.6 is 11.8 Å². The average Bonchev–Trinajstić information content (AvgIpc) is 2.25. The van der Waals surface area contributed by atoms with E-state index < -0.39 is 16.8 Å². The van der Waals surface area contributed by atoms with Gasteiger partial charge in [-0.15, -0.1) is 0 Å². The van der Waals surface area contributed by atoms with E-state index in [1.165, 1.54) is 0 Å². The Morgan fingerprint density at radius 2 is 2.12 bits per heavy atom. The number of amides is 1. The zero-order valence-electron chi connectivity index (χ0n) is 10.2. The summed E-state index contributed by atoms with van der Waals surface area (Å²) in [5, 5.41) is 2.88. The van der Waals surface area contributed by atoms with Gasteiger partial charge in [0.1, 0.15) is 0 Å². The maximum Gasteiger partial charge on any atom is 0.236 e. The van der Waals surface area contributed by atoms with Crippen molar-refractivity contribution in [2.45, 2.75) is 31.1 Å². The SMILES string of the molecule is CSCC[C@H](N)C(=O)NCCC(C)S(C)=O. The molecule has 4 nitrogen and oxygen atoms in total. The molecule has 3 atom stereocenters. The Kier molecular flexibility index (Phi) is 8.97. The fraction of sp³-hybridized carbons (Fsp3) is 0.900. The van der Waals surface area contributed by atoms with Crippen LogP contribution in [0.5, 0.6) is 0 Å². The summed E-state index contributed by atoms with van der Waals surface area (Å²) in [5.41, 5.74) is 5.69. The largest absolute Gasteiger partial charge is 0.355 e. The van der Waals surface area contributed by atoms with Crippen LogP contribution in [-0.4, -0.2) is 46.2 Å². The van der Waals surface area contributed by atoms with Crippen molar-refractivity contribution in [1.82, 2.24) is 5.32 Å². The van der Waals surface area contributed by atoms with Crippen molar-refractivity contribution in [1.29, 1.82) is 0 Å². The summed E-state index contributed by atoms with van der Waals surface area (Å²) in [7, 11) is -0.826. The highest BCUT2D eigenvalue weighted by Gasteiger charge is 2.13. The lowest BCUT2D eigenvalue weighted by atomic mass is 10.2. The summed E-state index contributed by atoms with van der Waals surface area (Å²) < 4.78 is 11.1. The molecule has 16 heavy (non-hydrogen) atoms. The minimum Gasteiger partial charge on any atom is -0.355 e. The highest BCUT2D eigenvalue weighted by atomic mass is 32.2. The molecule has 0 aromatic heterocycles. The predicted octanol–water partition coefficient (Wildman–Crippen LogP) is 0.340. The number of nitrogens with two attached hydrogens (primary N) is 1. The molecule has 0 fully saturated rings. The molecule has 2 unspecified atom stereocenters. The standard InChI is InChI=1S/C10H22N2O2S2/c1-8(16(3)14)4-6-12-10(13)9(11)5-7-15-2/h8-9H,4-7,11H2,1-3H3,(H,12,13)/t8?,9-,16?/m0/s1. The van der Waals surface area contributed by atoms with E-state index in [0.717, 1.165) is 12.2 Å². The fourth-order valence-electron chi connectivity index (χ4n) is 1.07. The van der Waals surface area contributed by atoms with Gasteiger partial charge in [0.25, 0.3) is 0 Å². The van der Waals surface area contributed by atoms with Crippen molar-refractivity contribution in [3.63, 3.8) is 0 Å². The highest BCUT2D eigenvalue weighted by Crippen LogP contribution is 2.00. The smallest absolute Gasteiger partial charge is 0.236 e. The number of hydrogen-bond donors (Lipinski definition) is 2. The normalized spacial score (nSPS) is 16.5. The summed E-state index contributed by atoms with van der Waals surface area (Å²) in [6.07, 6.45) is 5.09. The van der Waals surface area contributed by atoms with Gasteiger partial charge in [0.2, 0.25) is 5.91 Å². The number of nitrogens with one attached hydrogen (secondary N) is 1. The maximum absolute atomic E-state index is 11.5. The Morgan fingerprint density at radius 1 is 1.50 bits per heavy atom. The predicted molar refractivity (Wildman–Crippen MR) is 72.1 cm³/mol. The van der Waals surface area contributed by atoms with Crippen LogP contribution < -0.4 is 11.1 Å². The van der Waals surface area contributed by atoms with E-state index in [1.807, 2.05) is 13.2 Å². The van der Waals surface area contributed by atoms with Crippen LogP contribution in [0.2, 0.25) is 0 Å². The van der Waals surface area contributed by atoms with Gasteiger partial charge >= 0.3 is 0 Å². The molecule has 6 heteroatoms. The second-order valence-electron chi connectivity index (χ2n) is 3.78.